The fourth-order valence-corrected chi connectivity index (χ4v) is 2.75. The summed E-state index contributed by atoms with van der Waals surface area (Å²) in [5.41, 5.74) is 0.777. The van der Waals surface area contributed by atoms with Crippen LogP contribution in [0.2, 0.25) is 0 Å². The third-order valence-electron chi connectivity index (χ3n) is 4.00. The van der Waals surface area contributed by atoms with Crippen LogP contribution in [0.3, 0.4) is 0 Å². The summed E-state index contributed by atoms with van der Waals surface area (Å²) in [7, 11) is 0. The number of carbonyl (C=O) groups excluding carboxylic acids is 2. The molecule has 5 nitrogen and oxygen atoms in total. The number of hydrogen-bond donors (Lipinski definition) is 1. The zero-order valence-electron chi connectivity index (χ0n) is 11.4. The largest absolute Gasteiger partial charge is 0.388 e. The predicted molar refractivity (Wildman–Crippen MR) is 71.5 cm³/mol. The Labute approximate surface area is 117 Å². The standard InChI is InChI=1S/C15H17NO4/c1-10-2-3-11-12(8-10)14(18)16(13(11)17)9-15(19)4-6-20-7-5-15/h2-3,8,19H,4-7,9H2,1H3. The Bertz CT molecular complexity index is 575. The minimum Gasteiger partial charge on any atom is -0.388 e. The van der Waals surface area contributed by atoms with Crippen molar-refractivity contribution in [1.82, 2.24) is 4.90 Å². The van der Waals surface area contributed by atoms with E-state index in [0.29, 0.717) is 37.2 Å². The minimum atomic E-state index is -1.03. The molecular weight excluding hydrogens is 258 g/mol. The highest BCUT2D eigenvalue weighted by Crippen LogP contribution is 2.28. The van der Waals surface area contributed by atoms with Gasteiger partial charge in [0.15, 0.2) is 0 Å². The van der Waals surface area contributed by atoms with Crippen LogP contribution in [0.15, 0.2) is 18.2 Å². The number of carbonyl (C=O) groups is 2. The van der Waals surface area contributed by atoms with E-state index in [0.717, 1.165) is 10.5 Å². The van der Waals surface area contributed by atoms with Crippen LogP contribution in [0.1, 0.15) is 39.1 Å². The first-order valence-electron chi connectivity index (χ1n) is 6.77. The smallest absolute Gasteiger partial charge is 0.261 e. The zero-order chi connectivity index (χ0) is 14.3. The van der Waals surface area contributed by atoms with E-state index in [-0.39, 0.29) is 18.4 Å². The van der Waals surface area contributed by atoms with Gasteiger partial charge < -0.3 is 9.84 Å². The van der Waals surface area contributed by atoms with Crippen molar-refractivity contribution < 1.29 is 19.4 Å². The first-order valence-corrected chi connectivity index (χ1v) is 6.77. The minimum absolute atomic E-state index is 0.0434. The molecule has 20 heavy (non-hydrogen) atoms. The van der Waals surface area contributed by atoms with E-state index in [2.05, 4.69) is 0 Å². The summed E-state index contributed by atoms with van der Waals surface area (Å²) in [5.74, 6) is -0.626. The van der Waals surface area contributed by atoms with Crippen LogP contribution in [-0.2, 0) is 4.74 Å². The molecule has 0 aromatic heterocycles. The van der Waals surface area contributed by atoms with Gasteiger partial charge in [0.05, 0.1) is 23.3 Å². The molecule has 1 aromatic carbocycles. The van der Waals surface area contributed by atoms with E-state index in [4.69, 9.17) is 4.74 Å². The molecule has 0 unspecified atom stereocenters. The molecule has 0 saturated carbocycles. The van der Waals surface area contributed by atoms with Crippen molar-refractivity contribution in [2.45, 2.75) is 25.4 Å². The highest BCUT2D eigenvalue weighted by atomic mass is 16.5. The van der Waals surface area contributed by atoms with Gasteiger partial charge in [-0.15, -0.1) is 0 Å². The molecule has 3 rings (SSSR count). The third-order valence-corrected chi connectivity index (χ3v) is 4.00. The summed E-state index contributed by atoms with van der Waals surface area (Å²) < 4.78 is 5.21. The van der Waals surface area contributed by atoms with Gasteiger partial charge in [-0.05, 0) is 19.1 Å². The highest BCUT2D eigenvalue weighted by molar-refractivity contribution is 6.21. The number of nitrogens with zero attached hydrogens (tertiary/aromatic N) is 1. The van der Waals surface area contributed by atoms with Crippen LogP contribution in [0.25, 0.3) is 0 Å². The van der Waals surface area contributed by atoms with Gasteiger partial charge >= 0.3 is 0 Å². The number of fused-ring (bicyclic) bond motifs is 1. The molecule has 2 heterocycles. The van der Waals surface area contributed by atoms with E-state index in [1.54, 1.807) is 12.1 Å². The topological polar surface area (TPSA) is 66.8 Å². The molecule has 1 N–H and O–H groups in total. The molecule has 0 aliphatic carbocycles. The summed E-state index contributed by atoms with van der Waals surface area (Å²) in [6.45, 7) is 2.84. The average molecular weight is 275 g/mol. The van der Waals surface area contributed by atoms with Crippen molar-refractivity contribution in [2.75, 3.05) is 19.8 Å². The van der Waals surface area contributed by atoms with Crippen LogP contribution >= 0.6 is 0 Å². The molecule has 106 valence electrons. The van der Waals surface area contributed by atoms with Gasteiger partial charge in [-0.1, -0.05) is 11.6 Å². The maximum Gasteiger partial charge on any atom is 0.261 e. The van der Waals surface area contributed by atoms with Gasteiger partial charge in [-0.2, -0.15) is 0 Å². The molecule has 0 radical (unpaired) electrons. The van der Waals surface area contributed by atoms with Crippen molar-refractivity contribution in [3.63, 3.8) is 0 Å². The van der Waals surface area contributed by atoms with Crippen molar-refractivity contribution in [3.05, 3.63) is 34.9 Å². The fourth-order valence-electron chi connectivity index (χ4n) is 2.75. The summed E-state index contributed by atoms with van der Waals surface area (Å²) in [4.78, 5) is 25.8. The number of hydrogen-bond acceptors (Lipinski definition) is 4. The van der Waals surface area contributed by atoms with E-state index in [1.807, 2.05) is 13.0 Å². The van der Waals surface area contributed by atoms with Gasteiger partial charge in [0.1, 0.15) is 0 Å². The van der Waals surface area contributed by atoms with E-state index in [1.165, 1.54) is 0 Å². The molecule has 0 spiro atoms. The van der Waals surface area contributed by atoms with Gasteiger partial charge in [0.25, 0.3) is 11.8 Å². The first-order chi connectivity index (χ1) is 9.50. The Morgan fingerprint density at radius 2 is 1.85 bits per heavy atom. The molecule has 2 aliphatic rings. The summed E-state index contributed by atoms with van der Waals surface area (Å²) in [6, 6.07) is 5.22. The zero-order valence-corrected chi connectivity index (χ0v) is 11.4. The highest BCUT2D eigenvalue weighted by Gasteiger charge is 2.41. The maximum atomic E-state index is 12.3. The van der Waals surface area contributed by atoms with Crippen LogP contribution in [0.5, 0.6) is 0 Å². The maximum absolute atomic E-state index is 12.3. The molecular formula is C15H17NO4. The predicted octanol–water partition coefficient (Wildman–Crippen LogP) is 1.13. The van der Waals surface area contributed by atoms with Crippen molar-refractivity contribution in [2.24, 2.45) is 0 Å². The van der Waals surface area contributed by atoms with Gasteiger partial charge in [0, 0.05) is 26.1 Å². The van der Waals surface area contributed by atoms with Gasteiger partial charge in [-0.3, -0.25) is 14.5 Å². The van der Waals surface area contributed by atoms with E-state index in [9.17, 15) is 14.7 Å². The first kappa shape index (κ1) is 13.3. The molecule has 0 atom stereocenters. The number of β-amino-alcohol motifs (C(OH)–C–C–N with tert-alkyl or cyclic N) is 1. The van der Waals surface area contributed by atoms with Gasteiger partial charge in [0.2, 0.25) is 0 Å². The third kappa shape index (κ3) is 2.13. The van der Waals surface area contributed by atoms with E-state index < -0.39 is 5.60 Å². The molecule has 2 amide bonds. The molecule has 1 fully saturated rings. The van der Waals surface area contributed by atoms with Crippen LogP contribution < -0.4 is 0 Å². The Balaban J connectivity index is 1.86. The average Bonchev–Trinajstić information content (AvgIpc) is 2.64. The second-order valence-corrected chi connectivity index (χ2v) is 5.58. The van der Waals surface area contributed by atoms with Crippen LogP contribution in [0, 0.1) is 6.92 Å². The lowest BCUT2D eigenvalue weighted by atomic mass is 9.94. The Morgan fingerprint density at radius 3 is 2.55 bits per heavy atom. The molecule has 1 saturated heterocycles. The summed E-state index contributed by atoms with van der Waals surface area (Å²) >= 11 is 0. The SMILES string of the molecule is Cc1ccc2c(c1)C(=O)N(CC1(O)CCOCC1)C2=O. The van der Waals surface area contributed by atoms with Crippen LogP contribution in [-0.4, -0.2) is 47.2 Å². The quantitative estimate of drug-likeness (QED) is 0.822. The Hall–Kier alpha value is -1.72. The van der Waals surface area contributed by atoms with Crippen molar-refractivity contribution in [3.8, 4) is 0 Å². The molecule has 2 aliphatic heterocycles. The number of rotatable bonds is 2. The fraction of sp³-hybridized carbons (Fsp3) is 0.467. The number of amides is 2. The monoisotopic (exact) mass is 275 g/mol. The lowest BCUT2D eigenvalue weighted by Crippen LogP contribution is -2.48. The second kappa shape index (κ2) is 4.68. The number of imide groups is 1. The van der Waals surface area contributed by atoms with E-state index >= 15 is 0 Å². The van der Waals surface area contributed by atoms with Gasteiger partial charge in [-0.25, -0.2) is 0 Å². The van der Waals surface area contributed by atoms with Crippen molar-refractivity contribution in [1.29, 1.82) is 0 Å². The lowest BCUT2D eigenvalue weighted by molar-refractivity contribution is -0.0722. The normalized spacial score (nSPS) is 21.2. The molecule has 5 heteroatoms. The van der Waals surface area contributed by atoms with Crippen molar-refractivity contribution >= 4 is 11.8 Å². The summed E-state index contributed by atoms with van der Waals surface area (Å²) in [5, 5.41) is 10.5. The number of benzene rings is 1. The second-order valence-electron chi connectivity index (χ2n) is 5.58. The summed E-state index contributed by atoms with van der Waals surface area (Å²) in [6.07, 6.45) is 0.888. The number of ether oxygens (including phenoxy) is 1. The van der Waals surface area contributed by atoms with Crippen LogP contribution in [0.4, 0.5) is 0 Å². The Kier molecular flexibility index (Phi) is 3.11. The lowest BCUT2D eigenvalue weighted by Gasteiger charge is -2.34. The molecule has 1 aromatic rings. The Morgan fingerprint density at radius 1 is 1.20 bits per heavy atom. The molecule has 0 bridgehead atoms. The number of aliphatic hydroxyl groups is 1. The number of aryl methyl sites for hydroxylation is 1.